The highest BCUT2D eigenvalue weighted by atomic mass is 35.5. The highest BCUT2D eigenvalue weighted by molar-refractivity contribution is 6.33. The van der Waals surface area contributed by atoms with Crippen molar-refractivity contribution in [3.05, 3.63) is 81.9 Å². The Balaban J connectivity index is 1.41. The van der Waals surface area contributed by atoms with Crippen LogP contribution in [0.15, 0.2) is 54.6 Å². The summed E-state index contributed by atoms with van der Waals surface area (Å²) in [5.41, 5.74) is 3.09. The summed E-state index contributed by atoms with van der Waals surface area (Å²) in [4.78, 5) is 24.8. The van der Waals surface area contributed by atoms with Crippen molar-refractivity contribution < 1.29 is 33.0 Å². The van der Waals surface area contributed by atoms with E-state index in [1.54, 1.807) is 18.2 Å². The van der Waals surface area contributed by atoms with Gasteiger partial charge in [0.25, 0.3) is 0 Å². The van der Waals surface area contributed by atoms with Gasteiger partial charge in [-0.2, -0.15) is 0 Å². The van der Waals surface area contributed by atoms with Crippen LogP contribution in [0.3, 0.4) is 0 Å². The van der Waals surface area contributed by atoms with E-state index in [-0.39, 0.29) is 34.3 Å². The van der Waals surface area contributed by atoms with Crippen LogP contribution in [0.4, 0.5) is 8.78 Å². The number of halogens is 3. The molecule has 34 heavy (non-hydrogen) atoms. The minimum Gasteiger partial charge on any atom is -0.478 e. The smallest absolute Gasteiger partial charge is 0.478 e. The molecule has 0 unspecified atom stereocenters. The zero-order valence-electron chi connectivity index (χ0n) is 18.0. The van der Waals surface area contributed by atoms with Crippen LogP contribution >= 0.6 is 11.6 Å². The topological polar surface area (TPSA) is 72.8 Å². The van der Waals surface area contributed by atoms with Crippen molar-refractivity contribution in [3.63, 3.8) is 0 Å². The molecule has 0 atom stereocenters. The number of ether oxygens (including phenoxy) is 2. The number of fused-ring (bicyclic) bond motifs is 1. The van der Waals surface area contributed by atoms with E-state index in [9.17, 15) is 23.5 Å². The van der Waals surface area contributed by atoms with Gasteiger partial charge >= 0.3 is 12.3 Å². The molecule has 5 nitrogen and oxygen atoms in total. The van der Waals surface area contributed by atoms with E-state index in [1.807, 2.05) is 25.1 Å². The first-order valence-electron chi connectivity index (χ1n) is 10.6. The highest BCUT2D eigenvalue weighted by Gasteiger charge is 2.52. The molecule has 1 N–H and O–H groups in total. The number of carboxylic acid groups (broad SMARTS) is 1. The summed E-state index contributed by atoms with van der Waals surface area (Å²) in [5, 5.41) is 9.53. The Morgan fingerprint density at radius 2 is 1.74 bits per heavy atom. The molecule has 0 amide bonds. The van der Waals surface area contributed by atoms with Gasteiger partial charge in [-0.1, -0.05) is 41.9 Å². The van der Waals surface area contributed by atoms with Crippen LogP contribution in [0.1, 0.15) is 39.9 Å². The maximum atomic E-state index is 13.4. The van der Waals surface area contributed by atoms with Gasteiger partial charge < -0.3 is 14.6 Å². The van der Waals surface area contributed by atoms with Crippen LogP contribution in [0, 0.1) is 6.92 Å². The molecular weight excluding hydrogens is 466 g/mol. The fraction of sp³-hybridized carbons (Fsp3) is 0.231. The first kappa shape index (κ1) is 22.3. The van der Waals surface area contributed by atoms with Gasteiger partial charge in [0.2, 0.25) is 0 Å². The standard InChI is InChI=1S/C26H19ClF2O5/c1-14-2-3-15(10-18(14)16-4-6-20(27)19(12-16)24(31)32)11-23(30)25(8-9-25)17-5-7-21-22(13-17)34-26(28,29)33-21/h2-7,10,12-13H,8-9,11H2,1H3,(H,31,32). The molecule has 5 rings (SSSR count). The molecule has 174 valence electrons. The van der Waals surface area contributed by atoms with E-state index < -0.39 is 17.7 Å². The second-order valence-electron chi connectivity index (χ2n) is 8.66. The van der Waals surface area contributed by atoms with E-state index >= 15 is 0 Å². The van der Waals surface area contributed by atoms with Crippen molar-refractivity contribution in [1.29, 1.82) is 0 Å². The Kier molecular flexibility index (Phi) is 5.13. The number of ketones is 1. The molecule has 3 aromatic carbocycles. The lowest BCUT2D eigenvalue weighted by Crippen LogP contribution is -2.26. The molecule has 2 aliphatic rings. The molecule has 8 heteroatoms. The zero-order chi connectivity index (χ0) is 24.3. The summed E-state index contributed by atoms with van der Waals surface area (Å²) in [6.07, 6.45) is -2.31. The van der Waals surface area contributed by atoms with E-state index in [0.717, 1.165) is 16.7 Å². The number of Topliss-reactive ketones (excluding diaryl/α,β-unsaturated/α-hetero) is 1. The van der Waals surface area contributed by atoms with Gasteiger partial charge in [0.05, 0.1) is 16.0 Å². The largest absolute Gasteiger partial charge is 0.586 e. The minimum absolute atomic E-state index is 0.00497. The van der Waals surface area contributed by atoms with Crippen LogP contribution < -0.4 is 9.47 Å². The average Bonchev–Trinajstić information content (AvgIpc) is 3.52. The molecule has 0 spiro atoms. The molecule has 1 saturated carbocycles. The quantitative estimate of drug-likeness (QED) is 0.452. The molecule has 1 fully saturated rings. The third-order valence-electron chi connectivity index (χ3n) is 6.41. The van der Waals surface area contributed by atoms with Gasteiger partial charge in [0.1, 0.15) is 5.78 Å². The number of carboxylic acids is 1. The lowest BCUT2D eigenvalue weighted by atomic mass is 9.86. The maximum Gasteiger partial charge on any atom is 0.586 e. The summed E-state index contributed by atoms with van der Waals surface area (Å²) in [6, 6.07) is 14.9. The van der Waals surface area contributed by atoms with Crippen molar-refractivity contribution in [2.45, 2.75) is 37.9 Å². The van der Waals surface area contributed by atoms with Crippen LogP contribution in [0.2, 0.25) is 5.02 Å². The number of hydrogen-bond acceptors (Lipinski definition) is 4. The summed E-state index contributed by atoms with van der Waals surface area (Å²) in [7, 11) is 0. The molecule has 1 aliphatic carbocycles. The van der Waals surface area contributed by atoms with Crippen molar-refractivity contribution >= 4 is 23.4 Å². The van der Waals surface area contributed by atoms with Crippen molar-refractivity contribution in [2.75, 3.05) is 0 Å². The minimum atomic E-state index is -3.71. The number of aryl methyl sites for hydroxylation is 1. The molecule has 0 bridgehead atoms. The molecule has 0 aromatic heterocycles. The fourth-order valence-electron chi connectivity index (χ4n) is 4.40. The van der Waals surface area contributed by atoms with Gasteiger partial charge in [0, 0.05) is 6.42 Å². The molecule has 3 aromatic rings. The normalized spacial score (nSPS) is 16.8. The second-order valence-corrected chi connectivity index (χ2v) is 9.07. The molecule has 0 radical (unpaired) electrons. The third-order valence-corrected chi connectivity index (χ3v) is 6.74. The van der Waals surface area contributed by atoms with E-state index in [2.05, 4.69) is 9.47 Å². The Morgan fingerprint density at radius 3 is 2.44 bits per heavy atom. The lowest BCUT2D eigenvalue weighted by Gasteiger charge is -2.16. The van der Waals surface area contributed by atoms with Crippen LogP contribution in [0.5, 0.6) is 11.5 Å². The zero-order valence-corrected chi connectivity index (χ0v) is 18.8. The summed E-state index contributed by atoms with van der Waals surface area (Å²) < 4.78 is 35.8. The first-order chi connectivity index (χ1) is 16.1. The molecular formula is C26H19ClF2O5. The van der Waals surface area contributed by atoms with Gasteiger partial charge in [-0.25, -0.2) is 4.79 Å². The summed E-state index contributed by atoms with van der Waals surface area (Å²) in [5.74, 6) is -1.26. The predicted molar refractivity (Wildman–Crippen MR) is 121 cm³/mol. The fourth-order valence-corrected chi connectivity index (χ4v) is 4.60. The van der Waals surface area contributed by atoms with Crippen molar-refractivity contribution in [3.8, 4) is 22.6 Å². The number of alkyl halides is 2. The number of benzene rings is 3. The van der Waals surface area contributed by atoms with Gasteiger partial charge in [-0.05, 0) is 71.8 Å². The average molecular weight is 485 g/mol. The van der Waals surface area contributed by atoms with Gasteiger partial charge in [0.15, 0.2) is 11.5 Å². The van der Waals surface area contributed by atoms with Gasteiger partial charge in [-0.3, -0.25) is 4.79 Å². The number of hydrogen-bond donors (Lipinski definition) is 1. The van der Waals surface area contributed by atoms with Crippen LogP contribution in [-0.2, 0) is 16.6 Å². The predicted octanol–water partition coefficient (Wildman–Crippen LogP) is 6.18. The Hall–Kier alpha value is -3.45. The lowest BCUT2D eigenvalue weighted by molar-refractivity contribution is -0.286. The second kappa shape index (κ2) is 7.81. The number of carbonyl (C=O) groups is 2. The number of aromatic carboxylic acids is 1. The number of rotatable bonds is 6. The maximum absolute atomic E-state index is 13.4. The summed E-state index contributed by atoms with van der Waals surface area (Å²) >= 11 is 6.00. The van der Waals surface area contributed by atoms with E-state index in [0.29, 0.717) is 24.0 Å². The highest BCUT2D eigenvalue weighted by Crippen LogP contribution is 2.52. The Bertz CT molecular complexity index is 1350. The van der Waals surface area contributed by atoms with E-state index in [1.165, 1.54) is 18.2 Å². The van der Waals surface area contributed by atoms with E-state index in [4.69, 9.17) is 11.6 Å². The van der Waals surface area contributed by atoms with Crippen molar-refractivity contribution in [1.82, 2.24) is 0 Å². The van der Waals surface area contributed by atoms with Gasteiger partial charge in [-0.15, -0.1) is 8.78 Å². The Labute approximate surface area is 198 Å². The monoisotopic (exact) mass is 484 g/mol. The first-order valence-corrected chi connectivity index (χ1v) is 11.0. The SMILES string of the molecule is Cc1ccc(CC(=O)C2(c3ccc4c(c3)OC(F)(F)O4)CC2)cc1-c1ccc(Cl)c(C(=O)O)c1. The molecule has 1 heterocycles. The van der Waals surface area contributed by atoms with Crippen molar-refractivity contribution in [2.24, 2.45) is 0 Å². The number of carbonyl (C=O) groups excluding carboxylic acids is 1. The molecule has 1 aliphatic heterocycles. The van der Waals surface area contributed by atoms with Crippen LogP contribution in [0.25, 0.3) is 11.1 Å². The summed E-state index contributed by atoms with van der Waals surface area (Å²) in [6.45, 7) is 1.90. The third kappa shape index (κ3) is 3.90. The molecule has 0 saturated heterocycles. The Morgan fingerprint density at radius 1 is 1.00 bits per heavy atom. The van der Waals surface area contributed by atoms with Crippen LogP contribution in [-0.4, -0.2) is 23.2 Å².